The van der Waals surface area contributed by atoms with Gasteiger partial charge in [0.15, 0.2) is 0 Å². The summed E-state index contributed by atoms with van der Waals surface area (Å²) < 4.78 is 4.94. The molecule has 0 unspecified atom stereocenters. The molecule has 0 bridgehead atoms. The van der Waals surface area contributed by atoms with E-state index in [1.165, 1.54) is 25.4 Å². The van der Waals surface area contributed by atoms with Crippen LogP contribution in [-0.4, -0.2) is 47.8 Å². The van der Waals surface area contributed by atoms with E-state index in [0.29, 0.717) is 31.7 Å². The number of rotatable bonds is 2. The summed E-state index contributed by atoms with van der Waals surface area (Å²) in [7, 11) is 0. The largest absolute Gasteiger partial charge is 0.472 e. The van der Waals surface area contributed by atoms with Crippen molar-refractivity contribution in [2.75, 3.05) is 26.2 Å². The third kappa shape index (κ3) is 2.57. The molecule has 1 aliphatic carbocycles. The Hall–Kier alpha value is -1.78. The first-order valence-electron chi connectivity index (χ1n) is 7.36. The minimum atomic E-state index is -0.00767. The summed E-state index contributed by atoms with van der Waals surface area (Å²) in [5, 5.41) is 0. The minimum Gasteiger partial charge on any atom is -0.472 e. The molecule has 2 amide bonds. The first kappa shape index (κ1) is 13.2. The van der Waals surface area contributed by atoms with Crippen molar-refractivity contribution < 1.29 is 14.0 Å². The number of piperazine rings is 1. The van der Waals surface area contributed by atoms with Gasteiger partial charge in [0, 0.05) is 32.1 Å². The van der Waals surface area contributed by atoms with Gasteiger partial charge in [0.2, 0.25) is 5.91 Å². The van der Waals surface area contributed by atoms with E-state index in [9.17, 15) is 9.59 Å². The van der Waals surface area contributed by atoms with E-state index >= 15 is 0 Å². The van der Waals surface area contributed by atoms with Crippen LogP contribution in [0.15, 0.2) is 23.0 Å². The van der Waals surface area contributed by atoms with Crippen molar-refractivity contribution in [1.82, 2.24) is 9.80 Å². The summed E-state index contributed by atoms with van der Waals surface area (Å²) in [6.07, 6.45) is 7.40. The van der Waals surface area contributed by atoms with Gasteiger partial charge in [-0.05, 0) is 18.9 Å². The first-order valence-corrected chi connectivity index (χ1v) is 7.36. The molecule has 1 saturated heterocycles. The molecule has 0 atom stereocenters. The number of hydrogen-bond acceptors (Lipinski definition) is 3. The lowest BCUT2D eigenvalue weighted by Gasteiger charge is -2.35. The summed E-state index contributed by atoms with van der Waals surface area (Å²) in [5.74, 6) is 0.510. The molecule has 5 nitrogen and oxygen atoms in total. The molecule has 3 rings (SSSR count). The lowest BCUT2D eigenvalue weighted by atomic mass is 10.1. The molecule has 1 saturated carbocycles. The van der Waals surface area contributed by atoms with E-state index in [4.69, 9.17) is 4.42 Å². The summed E-state index contributed by atoms with van der Waals surface area (Å²) in [5.41, 5.74) is 0.584. The van der Waals surface area contributed by atoms with E-state index in [1.807, 2.05) is 4.90 Å². The van der Waals surface area contributed by atoms with Crippen LogP contribution in [0.1, 0.15) is 36.0 Å². The topological polar surface area (TPSA) is 53.8 Å². The van der Waals surface area contributed by atoms with Gasteiger partial charge in [0.1, 0.15) is 6.26 Å². The molecule has 20 heavy (non-hydrogen) atoms. The van der Waals surface area contributed by atoms with E-state index in [2.05, 4.69) is 0 Å². The predicted molar refractivity (Wildman–Crippen MR) is 73.1 cm³/mol. The molecule has 2 fully saturated rings. The minimum absolute atomic E-state index is 0.00767. The fraction of sp³-hybridized carbons (Fsp3) is 0.600. The molecule has 2 heterocycles. The van der Waals surface area contributed by atoms with Gasteiger partial charge in [-0.1, -0.05) is 12.8 Å². The van der Waals surface area contributed by atoms with Crippen molar-refractivity contribution in [1.29, 1.82) is 0 Å². The second kappa shape index (κ2) is 5.69. The zero-order valence-electron chi connectivity index (χ0n) is 11.6. The van der Waals surface area contributed by atoms with Crippen molar-refractivity contribution in [3.05, 3.63) is 24.2 Å². The Balaban J connectivity index is 1.54. The number of carbonyl (C=O) groups is 2. The summed E-state index contributed by atoms with van der Waals surface area (Å²) in [6, 6.07) is 1.68. The Labute approximate surface area is 118 Å². The Bertz CT molecular complexity index is 469. The van der Waals surface area contributed by atoms with Crippen LogP contribution in [0.3, 0.4) is 0 Å². The van der Waals surface area contributed by atoms with Gasteiger partial charge in [0.25, 0.3) is 5.91 Å². The Morgan fingerprint density at radius 3 is 2.30 bits per heavy atom. The molecule has 1 aromatic rings. The fourth-order valence-electron chi connectivity index (χ4n) is 3.13. The van der Waals surface area contributed by atoms with E-state index in [0.717, 1.165) is 12.8 Å². The maximum absolute atomic E-state index is 12.3. The SMILES string of the molecule is O=C(c1ccoc1)N1CCN(C(=O)C2CCCC2)CC1. The molecule has 0 N–H and O–H groups in total. The van der Waals surface area contributed by atoms with Gasteiger partial charge in [-0.25, -0.2) is 0 Å². The highest BCUT2D eigenvalue weighted by Crippen LogP contribution is 2.27. The molecule has 0 spiro atoms. The lowest BCUT2D eigenvalue weighted by Crippen LogP contribution is -2.51. The smallest absolute Gasteiger partial charge is 0.257 e. The van der Waals surface area contributed by atoms with Crippen LogP contribution in [0.4, 0.5) is 0 Å². The van der Waals surface area contributed by atoms with Crippen LogP contribution in [-0.2, 0) is 4.79 Å². The average molecular weight is 276 g/mol. The summed E-state index contributed by atoms with van der Waals surface area (Å²) in [6.45, 7) is 2.53. The Morgan fingerprint density at radius 1 is 1.05 bits per heavy atom. The molecule has 1 aromatic heterocycles. The number of amides is 2. The molecule has 0 aromatic carbocycles. The van der Waals surface area contributed by atoms with Crippen LogP contribution in [0, 0.1) is 5.92 Å². The molecule has 0 radical (unpaired) electrons. The standard InChI is InChI=1S/C15H20N2O3/c18-14(12-3-1-2-4-12)16-6-8-17(9-7-16)15(19)13-5-10-20-11-13/h5,10-12H,1-4,6-9H2. The highest BCUT2D eigenvalue weighted by molar-refractivity contribution is 5.94. The third-order valence-electron chi connectivity index (χ3n) is 4.35. The molecule has 2 aliphatic rings. The van der Waals surface area contributed by atoms with Gasteiger partial charge in [-0.3, -0.25) is 9.59 Å². The summed E-state index contributed by atoms with van der Waals surface area (Å²) >= 11 is 0. The van der Waals surface area contributed by atoms with Crippen LogP contribution >= 0.6 is 0 Å². The number of carbonyl (C=O) groups excluding carboxylic acids is 2. The number of nitrogens with zero attached hydrogens (tertiary/aromatic N) is 2. The van der Waals surface area contributed by atoms with Crippen molar-refractivity contribution in [2.24, 2.45) is 5.92 Å². The third-order valence-corrected chi connectivity index (χ3v) is 4.35. The van der Waals surface area contributed by atoms with E-state index in [1.54, 1.807) is 11.0 Å². The second-order valence-electron chi connectivity index (χ2n) is 5.61. The zero-order chi connectivity index (χ0) is 13.9. The highest BCUT2D eigenvalue weighted by Gasteiger charge is 2.30. The Kier molecular flexibility index (Phi) is 3.76. The highest BCUT2D eigenvalue weighted by atomic mass is 16.3. The molecular formula is C15H20N2O3. The van der Waals surface area contributed by atoms with Crippen LogP contribution in [0.5, 0.6) is 0 Å². The van der Waals surface area contributed by atoms with Gasteiger partial charge < -0.3 is 14.2 Å². The van der Waals surface area contributed by atoms with Gasteiger partial charge in [-0.2, -0.15) is 0 Å². The molecule has 1 aliphatic heterocycles. The van der Waals surface area contributed by atoms with Crippen LogP contribution in [0.25, 0.3) is 0 Å². The van der Waals surface area contributed by atoms with Gasteiger partial charge in [0.05, 0.1) is 11.8 Å². The normalized spacial score (nSPS) is 20.4. The zero-order valence-corrected chi connectivity index (χ0v) is 11.6. The Morgan fingerprint density at radius 2 is 1.70 bits per heavy atom. The van der Waals surface area contributed by atoms with Gasteiger partial charge in [-0.15, -0.1) is 0 Å². The maximum atomic E-state index is 12.3. The summed E-state index contributed by atoms with van der Waals surface area (Å²) in [4.78, 5) is 28.2. The van der Waals surface area contributed by atoms with Crippen molar-refractivity contribution in [2.45, 2.75) is 25.7 Å². The van der Waals surface area contributed by atoms with Gasteiger partial charge >= 0.3 is 0 Å². The number of hydrogen-bond donors (Lipinski definition) is 0. The molecule has 108 valence electrons. The van der Waals surface area contributed by atoms with Crippen molar-refractivity contribution in [3.8, 4) is 0 Å². The lowest BCUT2D eigenvalue weighted by molar-refractivity contribution is -0.136. The fourth-order valence-corrected chi connectivity index (χ4v) is 3.13. The quantitative estimate of drug-likeness (QED) is 0.827. The predicted octanol–water partition coefficient (Wildman–Crippen LogP) is 1.75. The second-order valence-corrected chi connectivity index (χ2v) is 5.61. The first-order chi connectivity index (χ1) is 9.75. The number of furan rings is 1. The van der Waals surface area contributed by atoms with Crippen molar-refractivity contribution >= 4 is 11.8 Å². The molecular weight excluding hydrogens is 256 g/mol. The molecule has 5 heteroatoms. The monoisotopic (exact) mass is 276 g/mol. The van der Waals surface area contributed by atoms with E-state index < -0.39 is 0 Å². The van der Waals surface area contributed by atoms with Crippen molar-refractivity contribution in [3.63, 3.8) is 0 Å². The van der Waals surface area contributed by atoms with E-state index in [-0.39, 0.29) is 17.7 Å². The van der Waals surface area contributed by atoms with Crippen LogP contribution in [0.2, 0.25) is 0 Å². The average Bonchev–Trinajstić information content (AvgIpc) is 3.18. The maximum Gasteiger partial charge on any atom is 0.257 e. The van der Waals surface area contributed by atoms with Crippen LogP contribution < -0.4 is 0 Å².